The maximum absolute atomic E-state index is 6.48. The molecule has 0 unspecified atom stereocenters. The first-order chi connectivity index (χ1) is 17.7. The molecule has 3 aromatic carbocycles. The molecule has 0 radical (unpaired) electrons. The molecule has 0 bridgehead atoms. The van der Waals surface area contributed by atoms with Gasteiger partial charge in [-0.25, -0.2) is 19.2 Å². The summed E-state index contributed by atoms with van der Waals surface area (Å²) in [6.07, 6.45) is 1.67. The van der Waals surface area contributed by atoms with Crippen molar-refractivity contribution in [2.75, 3.05) is 0 Å². The Hall–Kier alpha value is -4.78. The van der Waals surface area contributed by atoms with Crippen LogP contribution in [0.25, 0.3) is 22.7 Å². The first kappa shape index (κ1) is 20.6. The molecular formula is C29H22N6O. The first-order valence-electron chi connectivity index (χ1n) is 11.9. The highest BCUT2D eigenvalue weighted by Crippen LogP contribution is 2.49. The van der Waals surface area contributed by atoms with Gasteiger partial charge in [-0.2, -0.15) is 5.10 Å². The quantitative estimate of drug-likeness (QED) is 0.323. The van der Waals surface area contributed by atoms with E-state index < -0.39 is 0 Å². The third-order valence-electron chi connectivity index (χ3n) is 6.66. The fourth-order valence-corrected chi connectivity index (χ4v) is 4.93. The number of benzene rings is 3. The lowest BCUT2D eigenvalue weighted by molar-refractivity contribution is 0.402. The molecular weight excluding hydrogens is 448 g/mol. The van der Waals surface area contributed by atoms with Crippen LogP contribution in [0.3, 0.4) is 0 Å². The first-order valence-corrected chi connectivity index (χ1v) is 11.9. The highest BCUT2D eigenvalue weighted by atomic mass is 16.5. The third kappa shape index (κ3) is 3.13. The highest BCUT2D eigenvalue weighted by molar-refractivity contribution is 5.68. The van der Waals surface area contributed by atoms with Crippen molar-refractivity contribution < 1.29 is 4.74 Å². The Balaban J connectivity index is 1.48. The molecule has 174 valence electrons. The second-order valence-corrected chi connectivity index (χ2v) is 9.03. The molecule has 0 saturated heterocycles. The van der Waals surface area contributed by atoms with E-state index in [1.54, 1.807) is 10.8 Å². The average molecular weight is 471 g/mol. The molecule has 4 heterocycles. The fourth-order valence-electron chi connectivity index (χ4n) is 4.93. The van der Waals surface area contributed by atoms with Gasteiger partial charge in [0, 0.05) is 5.56 Å². The lowest BCUT2D eigenvalue weighted by Gasteiger charge is -2.26. The van der Waals surface area contributed by atoms with Crippen molar-refractivity contribution in [3.63, 3.8) is 0 Å². The number of fused-ring (bicyclic) bond motifs is 4. The van der Waals surface area contributed by atoms with Gasteiger partial charge in [0.25, 0.3) is 0 Å². The minimum Gasteiger partial charge on any atom is -0.420 e. The minimum atomic E-state index is -0.159. The second kappa shape index (κ2) is 7.88. The van der Waals surface area contributed by atoms with E-state index in [1.807, 2.05) is 60.1 Å². The van der Waals surface area contributed by atoms with E-state index in [0.29, 0.717) is 17.6 Å². The molecule has 36 heavy (non-hydrogen) atoms. The number of aromatic nitrogens is 6. The van der Waals surface area contributed by atoms with Crippen LogP contribution in [0.2, 0.25) is 0 Å². The number of hydrogen-bond acceptors (Lipinski definition) is 5. The number of hydrogen-bond donors (Lipinski definition) is 0. The monoisotopic (exact) mass is 470 g/mol. The predicted molar refractivity (Wildman–Crippen MR) is 137 cm³/mol. The molecule has 7 rings (SSSR count). The van der Waals surface area contributed by atoms with Gasteiger partial charge >= 0.3 is 0 Å². The summed E-state index contributed by atoms with van der Waals surface area (Å²) in [5, 5.41) is 9.63. The number of para-hydroxylation sites is 1. The molecule has 1 atom stereocenters. The number of ether oxygens (including phenoxy) is 1. The Bertz CT molecular complexity index is 1720. The predicted octanol–water partition coefficient (Wildman–Crippen LogP) is 5.88. The molecule has 0 saturated carbocycles. The van der Waals surface area contributed by atoms with Crippen molar-refractivity contribution in [3.8, 4) is 28.8 Å². The van der Waals surface area contributed by atoms with Gasteiger partial charge in [0.2, 0.25) is 11.8 Å². The maximum atomic E-state index is 6.48. The molecule has 0 fully saturated rings. The van der Waals surface area contributed by atoms with E-state index in [1.165, 1.54) is 5.56 Å². The summed E-state index contributed by atoms with van der Waals surface area (Å²) < 4.78 is 10.1. The SMILES string of the molecule is Cc1ccc(-c2nc3c4c(ncn3n2)Oc2c(c(C)nn2-c2ccccc2)[C@H]4c2ccccc2)cc1. The average Bonchev–Trinajstić information content (AvgIpc) is 3.50. The van der Waals surface area contributed by atoms with Gasteiger partial charge in [-0.3, -0.25) is 0 Å². The van der Waals surface area contributed by atoms with E-state index in [4.69, 9.17) is 19.9 Å². The summed E-state index contributed by atoms with van der Waals surface area (Å²) in [5.74, 6) is 1.69. The lowest BCUT2D eigenvalue weighted by Crippen LogP contribution is -2.16. The van der Waals surface area contributed by atoms with Gasteiger partial charge in [-0.15, -0.1) is 5.10 Å². The van der Waals surface area contributed by atoms with E-state index in [9.17, 15) is 0 Å². The fraction of sp³-hybridized carbons (Fsp3) is 0.103. The van der Waals surface area contributed by atoms with Crippen molar-refractivity contribution >= 4 is 5.65 Å². The standard InChI is InChI=1S/C29H22N6O/c1-18-13-15-21(16-14-18)26-31-27-25-24(20-9-5-3-6-10-20)23-19(2)32-35(22-11-7-4-8-12-22)29(23)36-28(25)30-17-34(27)33-26/h3-17,24H,1-2H3/t24-/m1/s1. The van der Waals surface area contributed by atoms with Gasteiger partial charge in [-0.1, -0.05) is 78.4 Å². The van der Waals surface area contributed by atoms with Gasteiger partial charge in [0.1, 0.15) is 6.33 Å². The minimum absolute atomic E-state index is 0.159. The third-order valence-corrected chi connectivity index (χ3v) is 6.66. The largest absolute Gasteiger partial charge is 0.420 e. The summed E-state index contributed by atoms with van der Waals surface area (Å²) in [5.41, 5.74) is 7.72. The molecule has 7 heteroatoms. The molecule has 0 amide bonds. The van der Waals surface area contributed by atoms with Crippen LogP contribution in [0, 0.1) is 13.8 Å². The smallest absolute Gasteiger partial charge is 0.230 e. The summed E-state index contributed by atoms with van der Waals surface area (Å²) in [6.45, 7) is 4.09. The van der Waals surface area contributed by atoms with E-state index in [0.717, 1.165) is 39.3 Å². The summed E-state index contributed by atoms with van der Waals surface area (Å²) in [6, 6.07) is 28.6. The molecule has 7 nitrogen and oxygen atoms in total. The summed E-state index contributed by atoms with van der Waals surface area (Å²) in [7, 11) is 0. The highest BCUT2D eigenvalue weighted by Gasteiger charge is 2.38. The number of rotatable bonds is 3. The van der Waals surface area contributed by atoms with Crippen LogP contribution in [0.5, 0.6) is 11.8 Å². The normalized spacial score (nSPS) is 14.3. The van der Waals surface area contributed by atoms with Crippen molar-refractivity contribution in [2.24, 2.45) is 0 Å². The second-order valence-electron chi connectivity index (χ2n) is 9.03. The number of aryl methyl sites for hydroxylation is 2. The van der Waals surface area contributed by atoms with Gasteiger partial charge in [0.05, 0.1) is 28.4 Å². The van der Waals surface area contributed by atoms with Crippen LogP contribution in [0.15, 0.2) is 91.3 Å². The van der Waals surface area contributed by atoms with Crippen LogP contribution < -0.4 is 4.74 Å². The van der Waals surface area contributed by atoms with Crippen LogP contribution >= 0.6 is 0 Å². The van der Waals surface area contributed by atoms with E-state index in [2.05, 4.69) is 48.3 Å². The Kier molecular flexibility index (Phi) is 4.51. The molecule has 3 aromatic heterocycles. The van der Waals surface area contributed by atoms with Gasteiger partial charge in [0.15, 0.2) is 11.5 Å². The molecule has 1 aliphatic heterocycles. The van der Waals surface area contributed by atoms with Crippen molar-refractivity contribution in [3.05, 3.63) is 119 Å². The number of nitrogens with zero attached hydrogens (tertiary/aromatic N) is 6. The van der Waals surface area contributed by atoms with Crippen molar-refractivity contribution in [1.29, 1.82) is 0 Å². The van der Waals surface area contributed by atoms with Crippen LogP contribution in [0.1, 0.15) is 33.9 Å². The molecule has 1 aliphatic rings. The van der Waals surface area contributed by atoms with Gasteiger partial charge < -0.3 is 4.74 Å². The molecule has 0 aliphatic carbocycles. The zero-order valence-electron chi connectivity index (χ0n) is 19.8. The zero-order chi connectivity index (χ0) is 24.2. The molecule has 0 N–H and O–H groups in total. The van der Waals surface area contributed by atoms with Crippen molar-refractivity contribution in [2.45, 2.75) is 19.8 Å². The van der Waals surface area contributed by atoms with E-state index in [-0.39, 0.29) is 5.92 Å². The maximum Gasteiger partial charge on any atom is 0.230 e. The summed E-state index contributed by atoms with van der Waals surface area (Å²) >= 11 is 0. The Morgan fingerprint density at radius 1 is 0.778 bits per heavy atom. The van der Waals surface area contributed by atoms with Crippen LogP contribution in [-0.2, 0) is 0 Å². The molecule has 6 aromatic rings. The molecule has 0 spiro atoms. The van der Waals surface area contributed by atoms with Crippen molar-refractivity contribution in [1.82, 2.24) is 29.4 Å². The van der Waals surface area contributed by atoms with E-state index >= 15 is 0 Å². The zero-order valence-corrected chi connectivity index (χ0v) is 19.8. The summed E-state index contributed by atoms with van der Waals surface area (Å²) in [4.78, 5) is 9.66. The van der Waals surface area contributed by atoms with Crippen LogP contribution in [-0.4, -0.2) is 29.4 Å². The Morgan fingerprint density at radius 3 is 2.25 bits per heavy atom. The Labute approximate surface area is 207 Å². The van der Waals surface area contributed by atoms with Crippen LogP contribution in [0.4, 0.5) is 0 Å². The van der Waals surface area contributed by atoms with Gasteiger partial charge in [-0.05, 0) is 31.5 Å². The Morgan fingerprint density at radius 2 is 1.50 bits per heavy atom. The topological polar surface area (TPSA) is 70.1 Å². The lowest BCUT2D eigenvalue weighted by atomic mass is 9.84.